The van der Waals surface area contributed by atoms with Gasteiger partial charge in [-0.1, -0.05) is 35.3 Å². The molecule has 0 aliphatic heterocycles. The Balaban J connectivity index is 2.44. The summed E-state index contributed by atoms with van der Waals surface area (Å²) in [5.41, 5.74) is 5.29. The summed E-state index contributed by atoms with van der Waals surface area (Å²) >= 11 is 11.4. The first-order valence-electron chi connectivity index (χ1n) is 4.94. The monoisotopic (exact) mass is 287 g/mol. The van der Waals surface area contributed by atoms with Gasteiger partial charge in [0.1, 0.15) is 11.5 Å². The summed E-state index contributed by atoms with van der Waals surface area (Å²) in [6, 6.07) is 4.36. The second-order valence-electron chi connectivity index (χ2n) is 3.60. The molecule has 1 aromatic heterocycles. The Kier molecular flexibility index (Phi) is 3.54. The van der Waals surface area contributed by atoms with E-state index in [1.165, 1.54) is 23.0 Å². The third-order valence-corrected chi connectivity index (χ3v) is 3.12. The molecule has 2 N–H and O–H groups in total. The van der Waals surface area contributed by atoms with Crippen LogP contribution in [0.25, 0.3) is 0 Å². The molecule has 2 rings (SSSR count). The van der Waals surface area contributed by atoms with E-state index in [2.05, 4.69) is 4.98 Å². The highest BCUT2D eigenvalue weighted by Gasteiger charge is 2.10. The van der Waals surface area contributed by atoms with Gasteiger partial charge in [-0.2, -0.15) is 0 Å². The molecule has 0 atom stereocenters. The zero-order valence-electron chi connectivity index (χ0n) is 9.03. The first-order valence-corrected chi connectivity index (χ1v) is 5.69. The van der Waals surface area contributed by atoms with Crippen LogP contribution >= 0.6 is 23.2 Å². The Labute approximate surface area is 112 Å². The number of nitrogens with zero attached hydrogens (tertiary/aromatic N) is 2. The van der Waals surface area contributed by atoms with Crippen molar-refractivity contribution in [1.29, 1.82) is 0 Å². The van der Waals surface area contributed by atoms with Gasteiger partial charge in [-0.15, -0.1) is 0 Å². The van der Waals surface area contributed by atoms with Gasteiger partial charge in [-0.05, 0) is 11.6 Å². The molecule has 1 heterocycles. The van der Waals surface area contributed by atoms with Crippen LogP contribution in [0.3, 0.4) is 0 Å². The van der Waals surface area contributed by atoms with E-state index in [4.69, 9.17) is 28.9 Å². The van der Waals surface area contributed by atoms with Crippen molar-refractivity contribution in [1.82, 2.24) is 9.55 Å². The number of benzene rings is 1. The summed E-state index contributed by atoms with van der Waals surface area (Å²) in [5, 5.41) is -0.0838. The third-order valence-electron chi connectivity index (χ3n) is 2.40. The highest BCUT2D eigenvalue weighted by molar-refractivity contribution is 6.32. The molecule has 1 aromatic carbocycles. The van der Waals surface area contributed by atoms with E-state index in [-0.39, 0.29) is 22.4 Å². The molecule has 18 heavy (non-hydrogen) atoms. The van der Waals surface area contributed by atoms with Crippen molar-refractivity contribution in [3.8, 4) is 0 Å². The highest BCUT2D eigenvalue weighted by atomic mass is 35.5. The first-order chi connectivity index (χ1) is 8.50. The van der Waals surface area contributed by atoms with Crippen LogP contribution in [0.1, 0.15) is 5.56 Å². The van der Waals surface area contributed by atoms with Gasteiger partial charge < -0.3 is 5.73 Å². The zero-order valence-corrected chi connectivity index (χ0v) is 10.5. The molecule has 0 fully saturated rings. The number of hydrogen-bond donors (Lipinski definition) is 1. The van der Waals surface area contributed by atoms with E-state index in [1.54, 1.807) is 6.07 Å². The minimum Gasteiger partial charge on any atom is -0.392 e. The van der Waals surface area contributed by atoms with Crippen LogP contribution in [-0.4, -0.2) is 9.55 Å². The Morgan fingerprint density at radius 1 is 1.39 bits per heavy atom. The van der Waals surface area contributed by atoms with E-state index in [9.17, 15) is 9.18 Å². The lowest BCUT2D eigenvalue weighted by molar-refractivity contribution is 0.623. The molecule has 0 aliphatic carbocycles. The Hall–Kier alpha value is -1.59. The van der Waals surface area contributed by atoms with Crippen LogP contribution in [0.4, 0.5) is 10.1 Å². The van der Waals surface area contributed by atoms with Crippen molar-refractivity contribution >= 4 is 28.9 Å². The SMILES string of the molecule is Nc1c(Cl)ncn(Cc2cccc(F)c2Cl)c1=O. The smallest absolute Gasteiger partial charge is 0.278 e. The molecule has 0 radical (unpaired) electrons. The molecule has 0 bridgehead atoms. The van der Waals surface area contributed by atoms with Crippen LogP contribution in [0, 0.1) is 5.82 Å². The molecule has 94 valence electrons. The van der Waals surface area contributed by atoms with E-state index in [0.29, 0.717) is 5.56 Å². The summed E-state index contributed by atoms with van der Waals surface area (Å²) in [6.07, 6.45) is 1.24. The fourth-order valence-corrected chi connectivity index (χ4v) is 1.76. The summed E-state index contributed by atoms with van der Waals surface area (Å²) in [5.74, 6) is -0.544. The standard InChI is InChI=1S/C11H8Cl2FN3O/c12-8-6(2-1-3-7(8)14)4-17-5-16-10(13)9(15)11(17)18/h1-3,5H,4,15H2. The second kappa shape index (κ2) is 4.96. The fraction of sp³-hybridized carbons (Fsp3) is 0.0909. The third kappa shape index (κ3) is 2.32. The summed E-state index contributed by atoms with van der Waals surface area (Å²) < 4.78 is 14.5. The topological polar surface area (TPSA) is 60.9 Å². The molecule has 0 spiro atoms. The lowest BCUT2D eigenvalue weighted by Crippen LogP contribution is -2.24. The summed E-state index contributed by atoms with van der Waals surface area (Å²) in [6.45, 7) is 0.0732. The van der Waals surface area contributed by atoms with E-state index >= 15 is 0 Å². The fourth-order valence-electron chi connectivity index (χ4n) is 1.45. The number of nitrogen functional groups attached to an aromatic ring is 1. The van der Waals surface area contributed by atoms with Crippen molar-refractivity contribution in [3.05, 3.63) is 56.4 Å². The lowest BCUT2D eigenvalue weighted by atomic mass is 10.2. The number of nitrogens with two attached hydrogens (primary N) is 1. The quantitative estimate of drug-likeness (QED) is 0.863. The molecule has 0 amide bonds. The minimum atomic E-state index is -0.544. The molecule has 0 unspecified atom stereocenters. The van der Waals surface area contributed by atoms with Crippen LogP contribution in [0.2, 0.25) is 10.2 Å². The zero-order chi connectivity index (χ0) is 13.3. The first kappa shape index (κ1) is 12.9. The van der Waals surface area contributed by atoms with Gasteiger partial charge in [-0.3, -0.25) is 9.36 Å². The minimum absolute atomic E-state index is 0.0297. The average molecular weight is 288 g/mol. The molecule has 2 aromatic rings. The Morgan fingerprint density at radius 3 is 2.83 bits per heavy atom. The maximum Gasteiger partial charge on any atom is 0.278 e. The van der Waals surface area contributed by atoms with Gasteiger partial charge in [0.15, 0.2) is 5.15 Å². The van der Waals surface area contributed by atoms with Gasteiger partial charge in [0, 0.05) is 0 Å². The van der Waals surface area contributed by atoms with Crippen molar-refractivity contribution in [2.24, 2.45) is 0 Å². The number of aromatic nitrogens is 2. The van der Waals surface area contributed by atoms with Gasteiger partial charge in [-0.25, -0.2) is 9.37 Å². The van der Waals surface area contributed by atoms with Gasteiger partial charge in [0.25, 0.3) is 5.56 Å². The number of anilines is 1. The van der Waals surface area contributed by atoms with E-state index < -0.39 is 11.4 Å². The normalized spacial score (nSPS) is 10.6. The molecular formula is C11H8Cl2FN3O. The van der Waals surface area contributed by atoms with Crippen LogP contribution in [-0.2, 0) is 6.54 Å². The van der Waals surface area contributed by atoms with Crippen LogP contribution in [0.5, 0.6) is 0 Å². The number of halogens is 3. The largest absolute Gasteiger partial charge is 0.392 e. The molecular weight excluding hydrogens is 280 g/mol. The predicted molar refractivity (Wildman–Crippen MR) is 68.4 cm³/mol. The Bertz CT molecular complexity index is 657. The van der Waals surface area contributed by atoms with Gasteiger partial charge >= 0.3 is 0 Å². The Morgan fingerprint density at radius 2 is 2.11 bits per heavy atom. The molecule has 0 aliphatic rings. The van der Waals surface area contributed by atoms with Crippen molar-refractivity contribution in [2.45, 2.75) is 6.54 Å². The number of hydrogen-bond acceptors (Lipinski definition) is 3. The van der Waals surface area contributed by atoms with E-state index in [0.717, 1.165) is 0 Å². The molecule has 0 saturated heterocycles. The lowest BCUT2D eigenvalue weighted by Gasteiger charge is -2.08. The average Bonchev–Trinajstić information content (AvgIpc) is 2.35. The van der Waals surface area contributed by atoms with Crippen molar-refractivity contribution in [3.63, 3.8) is 0 Å². The predicted octanol–water partition coefficient (Wildman–Crippen LogP) is 2.32. The van der Waals surface area contributed by atoms with E-state index in [1.807, 2.05) is 0 Å². The highest BCUT2D eigenvalue weighted by Crippen LogP contribution is 2.20. The van der Waals surface area contributed by atoms with Gasteiger partial charge in [0.2, 0.25) is 0 Å². The van der Waals surface area contributed by atoms with Crippen LogP contribution < -0.4 is 11.3 Å². The van der Waals surface area contributed by atoms with Crippen molar-refractivity contribution < 1.29 is 4.39 Å². The van der Waals surface area contributed by atoms with Crippen molar-refractivity contribution in [2.75, 3.05) is 5.73 Å². The second-order valence-corrected chi connectivity index (χ2v) is 4.33. The summed E-state index contributed by atoms with van der Waals surface area (Å²) in [4.78, 5) is 15.5. The maximum atomic E-state index is 13.2. The van der Waals surface area contributed by atoms with Gasteiger partial charge in [0.05, 0.1) is 17.9 Å². The maximum absolute atomic E-state index is 13.2. The molecule has 7 heteroatoms. The number of rotatable bonds is 2. The molecule has 4 nitrogen and oxygen atoms in total. The summed E-state index contributed by atoms with van der Waals surface area (Å²) in [7, 11) is 0. The molecule has 0 saturated carbocycles. The van der Waals surface area contributed by atoms with Crippen LogP contribution in [0.15, 0.2) is 29.3 Å².